The summed E-state index contributed by atoms with van der Waals surface area (Å²) >= 11 is 8.01. The van der Waals surface area contributed by atoms with Gasteiger partial charge in [0, 0.05) is 10.4 Å². The molecule has 2 heterocycles. The summed E-state index contributed by atoms with van der Waals surface area (Å²) in [6, 6.07) is 3.54. The molecule has 1 aliphatic carbocycles. The van der Waals surface area contributed by atoms with Gasteiger partial charge in [0.25, 0.3) is 5.56 Å². The zero-order valence-corrected chi connectivity index (χ0v) is 16.2. The first-order valence-corrected chi connectivity index (χ1v) is 9.87. The highest BCUT2D eigenvalue weighted by Crippen LogP contribution is 2.40. The number of H-pyrrole nitrogens is 1. The van der Waals surface area contributed by atoms with Gasteiger partial charge in [-0.1, -0.05) is 18.5 Å². The molecule has 5 nitrogen and oxygen atoms in total. The molecular formula is C19H19ClN2O3S. The number of nitrogens with one attached hydrogen (secondary N) is 1. The van der Waals surface area contributed by atoms with Crippen LogP contribution in [0, 0.1) is 0 Å². The molecule has 0 saturated carbocycles. The van der Waals surface area contributed by atoms with Crippen LogP contribution in [-0.4, -0.2) is 23.7 Å². The van der Waals surface area contributed by atoms with Crippen molar-refractivity contribution in [2.24, 2.45) is 0 Å². The number of fused-ring (bicyclic) bond motifs is 3. The molecule has 4 rings (SSSR count). The van der Waals surface area contributed by atoms with Crippen molar-refractivity contribution in [1.29, 1.82) is 0 Å². The van der Waals surface area contributed by atoms with Crippen molar-refractivity contribution >= 4 is 33.2 Å². The van der Waals surface area contributed by atoms with Crippen molar-refractivity contribution in [2.45, 2.75) is 32.6 Å². The number of hydrogen-bond acceptors (Lipinski definition) is 5. The van der Waals surface area contributed by atoms with Crippen molar-refractivity contribution < 1.29 is 9.47 Å². The maximum absolute atomic E-state index is 12.7. The Morgan fingerprint density at radius 3 is 2.96 bits per heavy atom. The molecule has 26 heavy (non-hydrogen) atoms. The van der Waals surface area contributed by atoms with E-state index in [0.717, 1.165) is 35.9 Å². The van der Waals surface area contributed by atoms with E-state index in [1.807, 2.05) is 6.92 Å². The summed E-state index contributed by atoms with van der Waals surface area (Å²) in [5.41, 5.74) is 1.78. The second-order valence-corrected chi connectivity index (χ2v) is 7.78. The number of aromatic nitrogens is 2. The first kappa shape index (κ1) is 17.4. The summed E-state index contributed by atoms with van der Waals surface area (Å²) < 4.78 is 11.1. The van der Waals surface area contributed by atoms with Crippen molar-refractivity contribution in [2.75, 3.05) is 13.7 Å². The van der Waals surface area contributed by atoms with E-state index in [0.29, 0.717) is 34.5 Å². The fourth-order valence-corrected chi connectivity index (χ4v) is 4.87. The monoisotopic (exact) mass is 390 g/mol. The number of thiophene rings is 1. The molecular weight excluding hydrogens is 372 g/mol. The third kappa shape index (κ3) is 2.87. The van der Waals surface area contributed by atoms with Gasteiger partial charge in [-0.3, -0.25) is 4.79 Å². The van der Waals surface area contributed by atoms with E-state index in [2.05, 4.69) is 9.97 Å². The zero-order chi connectivity index (χ0) is 18.3. The standard InChI is InChI=1S/C19H19ClN2O3S/c1-3-7-25-16-12(20)8-10(9-13(16)24-2)17-21-18(23)15-11-5-4-6-14(11)26-19(15)22-17/h8-9H,3-7H2,1-2H3,(H,21,22,23). The van der Waals surface area contributed by atoms with Gasteiger partial charge < -0.3 is 14.5 Å². The third-order valence-corrected chi connectivity index (χ3v) is 5.99. The Kier molecular flexibility index (Phi) is 4.63. The van der Waals surface area contributed by atoms with Crippen LogP contribution in [0.1, 0.15) is 30.2 Å². The molecule has 3 aromatic rings. The molecule has 136 valence electrons. The first-order chi connectivity index (χ1) is 12.6. The van der Waals surface area contributed by atoms with Crippen LogP contribution in [0.3, 0.4) is 0 Å². The lowest BCUT2D eigenvalue weighted by atomic mass is 10.1. The van der Waals surface area contributed by atoms with E-state index in [1.54, 1.807) is 30.6 Å². The molecule has 0 saturated heterocycles. The number of benzene rings is 1. The highest BCUT2D eigenvalue weighted by molar-refractivity contribution is 7.18. The minimum absolute atomic E-state index is 0.0919. The molecule has 7 heteroatoms. The minimum Gasteiger partial charge on any atom is -0.493 e. The predicted octanol–water partition coefficient (Wildman–Crippen LogP) is 4.59. The Bertz CT molecular complexity index is 1040. The van der Waals surface area contributed by atoms with Gasteiger partial charge in [0.1, 0.15) is 10.7 Å². The molecule has 0 amide bonds. The van der Waals surface area contributed by atoms with Gasteiger partial charge in [-0.2, -0.15) is 0 Å². The SMILES string of the molecule is CCCOc1c(Cl)cc(-c2nc3sc4c(c3c(=O)[nH]2)CCC4)cc1OC. The number of nitrogens with zero attached hydrogens (tertiary/aromatic N) is 1. The summed E-state index contributed by atoms with van der Waals surface area (Å²) in [5, 5.41) is 1.18. The maximum atomic E-state index is 12.7. The van der Waals surface area contributed by atoms with Crippen molar-refractivity contribution in [3.63, 3.8) is 0 Å². The van der Waals surface area contributed by atoms with Crippen molar-refractivity contribution in [3.8, 4) is 22.9 Å². The Balaban J connectivity index is 1.82. The van der Waals surface area contributed by atoms with Crippen LogP contribution in [0.15, 0.2) is 16.9 Å². The second-order valence-electron chi connectivity index (χ2n) is 6.29. The fourth-order valence-electron chi connectivity index (χ4n) is 3.34. The summed E-state index contributed by atoms with van der Waals surface area (Å²) in [7, 11) is 1.57. The van der Waals surface area contributed by atoms with E-state index < -0.39 is 0 Å². The van der Waals surface area contributed by atoms with Crippen LogP contribution < -0.4 is 15.0 Å². The van der Waals surface area contributed by atoms with Crippen molar-refractivity contribution in [3.05, 3.63) is 37.9 Å². The lowest BCUT2D eigenvalue weighted by molar-refractivity contribution is 0.294. The van der Waals surface area contributed by atoms with Crippen molar-refractivity contribution in [1.82, 2.24) is 9.97 Å². The average molecular weight is 391 g/mol. The molecule has 0 radical (unpaired) electrons. The molecule has 2 aromatic heterocycles. The summed E-state index contributed by atoms with van der Waals surface area (Å²) in [6.45, 7) is 2.58. The normalized spacial score (nSPS) is 13.2. The topological polar surface area (TPSA) is 64.2 Å². The van der Waals surface area contributed by atoms with E-state index in [9.17, 15) is 4.79 Å². The average Bonchev–Trinajstić information content (AvgIpc) is 3.20. The van der Waals surface area contributed by atoms with Gasteiger partial charge in [-0.15, -0.1) is 11.3 Å². The van der Waals surface area contributed by atoms with E-state index in [-0.39, 0.29) is 5.56 Å². The quantitative estimate of drug-likeness (QED) is 0.691. The van der Waals surface area contributed by atoms with Crippen LogP contribution in [-0.2, 0) is 12.8 Å². The number of methoxy groups -OCH3 is 1. The third-order valence-electron chi connectivity index (χ3n) is 4.53. The summed E-state index contributed by atoms with van der Waals surface area (Å²) in [6.07, 6.45) is 3.98. The van der Waals surface area contributed by atoms with E-state index in [1.165, 1.54) is 10.4 Å². The Morgan fingerprint density at radius 2 is 2.19 bits per heavy atom. The number of aryl methyl sites for hydroxylation is 2. The minimum atomic E-state index is -0.0919. The molecule has 0 bridgehead atoms. The lowest BCUT2D eigenvalue weighted by Gasteiger charge is -2.13. The van der Waals surface area contributed by atoms with Crippen LogP contribution >= 0.6 is 22.9 Å². The molecule has 0 unspecified atom stereocenters. The molecule has 1 N–H and O–H groups in total. The first-order valence-electron chi connectivity index (χ1n) is 8.67. The van der Waals surface area contributed by atoms with Gasteiger partial charge >= 0.3 is 0 Å². The van der Waals surface area contributed by atoms with Crippen LogP contribution in [0.5, 0.6) is 11.5 Å². The highest BCUT2D eigenvalue weighted by Gasteiger charge is 2.22. The molecule has 0 aliphatic heterocycles. The molecule has 0 fully saturated rings. The summed E-state index contributed by atoms with van der Waals surface area (Å²) in [4.78, 5) is 22.3. The number of ether oxygens (including phenoxy) is 2. The number of aromatic amines is 1. The van der Waals surface area contributed by atoms with Gasteiger partial charge in [0.2, 0.25) is 0 Å². The number of hydrogen-bond donors (Lipinski definition) is 1. The maximum Gasteiger partial charge on any atom is 0.260 e. The van der Waals surface area contributed by atoms with Gasteiger partial charge in [0.15, 0.2) is 11.5 Å². The predicted molar refractivity (Wildman–Crippen MR) is 105 cm³/mol. The fraction of sp³-hybridized carbons (Fsp3) is 0.368. The lowest BCUT2D eigenvalue weighted by Crippen LogP contribution is -2.09. The van der Waals surface area contributed by atoms with Crippen LogP contribution in [0.2, 0.25) is 5.02 Å². The second kappa shape index (κ2) is 6.93. The van der Waals surface area contributed by atoms with Gasteiger partial charge in [-0.05, 0) is 43.4 Å². The molecule has 0 spiro atoms. The van der Waals surface area contributed by atoms with E-state index >= 15 is 0 Å². The van der Waals surface area contributed by atoms with Gasteiger partial charge in [-0.25, -0.2) is 4.98 Å². The molecule has 0 atom stereocenters. The number of rotatable bonds is 5. The molecule has 1 aromatic carbocycles. The molecule has 1 aliphatic rings. The smallest absolute Gasteiger partial charge is 0.260 e. The van der Waals surface area contributed by atoms with E-state index in [4.69, 9.17) is 21.1 Å². The van der Waals surface area contributed by atoms with Crippen LogP contribution in [0.4, 0.5) is 0 Å². The van der Waals surface area contributed by atoms with Crippen LogP contribution in [0.25, 0.3) is 21.6 Å². The largest absolute Gasteiger partial charge is 0.493 e. The Hall–Kier alpha value is -2.05. The summed E-state index contributed by atoms with van der Waals surface area (Å²) in [5.74, 6) is 1.53. The number of halogens is 1. The van der Waals surface area contributed by atoms with Gasteiger partial charge in [0.05, 0.1) is 24.1 Å². The zero-order valence-electron chi connectivity index (χ0n) is 14.6. The highest BCUT2D eigenvalue weighted by atomic mass is 35.5. The Morgan fingerprint density at radius 1 is 1.35 bits per heavy atom. The Labute approximate surface area is 159 Å².